The molecular formula is C6H14N-. The predicted octanol–water partition coefficient (Wildman–Crippen LogP) is 1.34. The Morgan fingerprint density at radius 1 is 1.43 bits per heavy atom. The lowest BCUT2D eigenvalue weighted by Gasteiger charge is -2.04. The van der Waals surface area contributed by atoms with Crippen LogP contribution in [-0.2, 0) is 0 Å². The summed E-state index contributed by atoms with van der Waals surface area (Å²) >= 11 is 0. The molecule has 1 heteroatoms. The highest BCUT2D eigenvalue weighted by atomic mass is 14.5. The van der Waals surface area contributed by atoms with Gasteiger partial charge >= 0.3 is 0 Å². The first kappa shape index (κ1) is 6.96. The van der Waals surface area contributed by atoms with Crippen LogP contribution in [0.5, 0.6) is 0 Å². The molecule has 0 atom stereocenters. The second kappa shape index (κ2) is 5.96. The van der Waals surface area contributed by atoms with Crippen LogP contribution in [0.4, 0.5) is 0 Å². The molecule has 0 fully saturated rings. The van der Waals surface area contributed by atoms with E-state index in [-0.39, 0.29) is 0 Å². The Labute approximate surface area is 45.9 Å². The van der Waals surface area contributed by atoms with Crippen molar-refractivity contribution in [1.29, 1.82) is 0 Å². The van der Waals surface area contributed by atoms with Gasteiger partial charge in [0.15, 0.2) is 0 Å². The molecule has 0 aromatic rings. The molecule has 0 aliphatic carbocycles. The van der Waals surface area contributed by atoms with Gasteiger partial charge in [0.2, 0.25) is 0 Å². The summed E-state index contributed by atoms with van der Waals surface area (Å²) in [5.74, 6) is 0. The van der Waals surface area contributed by atoms with E-state index in [4.69, 9.17) is 5.73 Å². The third-order valence-electron chi connectivity index (χ3n) is 0.864. The lowest BCUT2D eigenvalue weighted by atomic mass is 10.2. The molecule has 0 bridgehead atoms. The van der Waals surface area contributed by atoms with Gasteiger partial charge < -0.3 is 12.2 Å². The van der Waals surface area contributed by atoms with E-state index in [0.29, 0.717) is 0 Å². The molecule has 7 heavy (non-hydrogen) atoms. The zero-order valence-corrected chi connectivity index (χ0v) is 4.98. The Morgan fingerprint density at radius 3 is 2.57 bits per heavy atom. The second-order valence-electron chi connectivity index (χ2n) is 1.65. The number of nitrogens with two attached hydrogens (primary N) is 1. The summed E-state index contributed by atoms with van der Waals surface area (Å²) in [5, 5.41) is 0. The first-order valence-electron chi connectivity index (χ1n) is 2.93. The fraction of sp³-hybridized carbons (Fsp3) is 0.833. The highest BCUT2D eigenvalue weighted by molar-refractivity contribution is 4.62. The smallest absolute Gasteiger partial charge is 0.0348 e. The molecule has 0 radical (unpaired) electrons. The summed E-state index contributed by atoms with van der Waals surface area (Å²) in [7, 11) is 0. The fourth-order valence-electron chi connectivity index (χ4n) is 0.466. The molecule has 1 nitrogen and oxygen atoms in total. The van der Waals surface area contributed by atoms with E-state index in [2.05, 4.69) is 13.3 Å². The maximum atomic E-state index is 5.24. The molecule has 0 spiro atoms. The highest BCUT2D eigenvalue weighted by Gasteiger charge is 1.67. The summed E-state index contributed by atoms with van der Waals surface area (Å²) in [6.45, 7) is 2.98. The highest BCUT2D eigenvalue weighted by Crippen LogP contribution is 1.93. The van der Waals surface area contributed by atoms with Gasteiger partial charge in [0, 0.05) is 0 Å². The summed E-state index contributed by atoms with van der Waals surface area (Å²) in [5.41, 5.74) is 5.24. The van der Waals surface area contributed by atoms with Crippen molar-refractivity contribution >= 4 is 0 Å². The van der Waals surface area contributed by atoms with Crippen LogP contribution in [0.3, 0.4) is 0 Å². The third kappa shape index (κ3) is 5.96. The summed E-state index contributed by atoms with van der Waals surface area (Å²) in [6, 6.07) is 0. The zero-order chi connectivity index (χ0) is 5.54. The van der Waals surface area contributed by atoms with Crippen LogP contribution in [0.2, 0.25) is 0 Å². The van der Waals surface area contributed by atoms with E-state index in [1.165, 1.54) is 12.8 Å². The standard InChI is InChI=1S/C6H14N/c1-2-3-4-5-6-7/h4H,2-3,5-7H2,1H3/q-1. The van der Waals surface area contributed by atoms with Crippen LogP contribution in [0.15, 0.2) is 0 Å². The SMILES string of the molecule is CCC[CH-]CCN. The van der Waals surface area contributed by atoms with E-state index < -0.39 is 0 Å². The monoisotopic (exact) mass is 100 g/mol. The molecule has 0 rings (SSSR count). The minimum atomic E-state index is 0.806. The van der Waals surface area contributed by atoms with Crippen LogP contribution in [0.25, 0.3) is 0 Å². The van der Waals surface area contributed by atoms with Crippen molar-refractivity contribution in [3.05, 3.63) is 6.42 Å². The molecular weight excluding hydrogens is 86.1 g/mol. The topological polar surface area (TPSA) is 26.0 Å². The zero-order valence-electron chi connectivity index (χ0n) is 4.98. The molecule has 44 valence electrons. The number of hydrogen-bond donors (Lipinski definition) is 1. The van der Waals surface area contributed by atoms with Crippen LogP contribution in [-0.4, -0.2) is 6.54 Å². The normalized spacial score (nSPS) is 9.43. The predicted molar refractivity (Wildman–Crippen MR) is 32.9 cm³/mol. The van der Waals surface area contributed by atoms with Crippen LogP contribution in [0, 0.1) is 6.42 Å². The molecule has 0 aromatic heterocycles. The van der Waals surface area contributed by atoms with Gasteiger partial charge in [-0.05, 0) is 6.54 Å². The Kier molecular flexibility index (Phi) is 5.93. The first-order valence-corrected chi connectivity index (χ1v) is 2.93. The lowest BCUT2D eigenvalue weighted by Crippen LogP contribution is -1.97. The van der Waals surface area contributed by atoms with Gasteiger partial charge in [-0.25, -0.2) is 0 Å². The van der Waals surface area contributed by atoms with E-state index >= 15 is 0 Å². The van der Waals surface area contributed by atoms with Crippen LogP contribution < -0.4 is 5.73 Å². The van der Waals surface area contributed by atoms with Crippen molar-refractivity contribution < 1.29 is 0 Å². The minimum absolute atomic E-state index is 0.806. The Balaban J connectivity index is 2.45. The lowest BCUT2D eigenvalue weighted by molar-refractivity contribution is 0.817. The molecule has 0 saturated carbocycles. The number of rotatable bonds is 4. The molecule has 0 saturated heterocycles. The third-order valence-corrected chi connectivity index (χ3v) is 0.864. The van der Waals surface area contributed by atoms with Gasteiger partial charge in [0.1, 0.15) is 0 Å². The maximum Gasteiger partial charge on any atom is -0.0348 e. The fourth-order valence-corrected chi connectivity index (χ4v) is 0.466. The largest absolute Gasteiger partial charge is 0.333 e. The average Bonchev–Trinajstić information content (AvgIpc) is 1.69. The Morgan fingerprint density at radius 2 is 2.14 bits per heavy atom. The van der Waals surface area contributed by atoms with Crippen LogP contribution in [0.1, 0.15) is 26.2 Å². The molecule has 0 unspecified atom stereocenters. The van der Waals surface area contributed by atoms with E-state index in [1.54, 1.807) is 0 Å². The molecule has 0 amide bonds. The van der Waals surface area contributed by atoms with Crippen molar-refractivity contribution in [3.63, 3.8) is 0 Å². The molecule has 0 heterocycles. The van der Waals surface area contributed by atoms with Crippen LogP contribution >= 0.6 is 0 Å². The molecule has 0 aliphatic rings. The van der Waals surface area contributed by atoms with E-state index in [0.717, 1.165) is 13.0 Å². The van der Waals surface area contributed by atoms with Crippen molar-refractivity contribution in [2.45, 2.75) is 26.2 Å². The summed E-state index contributed by atoms with van der Waals surface area (Å²) in [4.78, 5) is 0. The Bertz CT molecular complexity index is 23.4. The molecule has 0 aliphatic heterocycles. The quantitative estimate of drug-likeness (QED) is 0.418. The van der Waals surface area contributed by atoms with Gasteiger partial charge in [0.25, 0.3) is 0 Å². The Hall–Kier alpha value is -0.0400. The van der Waals surface area contributed by atoms with E-state index in [9.17, 15) is 0 Å². The first-order chi connectivity index (χ1) is 3.41. The van der Waals surface area contributed by atoms with Gasteiger partial charge in [-0.3, -0.25) is 0 Å². The summed E-state index contributed by atoms with van der Waals surface area (Å²) < 4.78 is 0. The maximum absolute atomic E-state index is 5.24. The number of hydrogen-bond acceptors (Lipinski definition) is 1. The summed E-state index contributed by atoms with van der Waals surface area (Å²) in [6.07, 6.45) is 5.78. The van der Waals surface area contributed by atoms with Crippen molar-refractivity contribution in [2.75, 3.05) is 6.54 Å². The molecule has 2 N–H and O–H groups in total. The van der Waals surface area contributed by atoms with E-state index in [1.807, 2.05) is 0 Å². The van der Waals surface area contributed by atoms with Crippen molar-refractivity contribution in [2.24, 2.45) is 5.73 Å². The van der Waals surface area contributed by atoms with Gasteiger partial charge in [0.05, 0.1) is 0 Å². The van der Waals surface area contributed by atoms with Gasteiger partial charge in [-0.1, -0.05) is 13.3 Å². The van der Waals surface area contributed by atoms with Gasteiger partial charge in [-0.2, -0.15) is 12.8 Å². The second-order valence-corrected chi connectivity index (χ2v) is 1.65. The minimum Gasteiger partial charge on any atom is -0.333 e. The number of unbranched alkanes of at least 4 members (excludes halogenated alkanes) is 3. The van der Waals surface area contributed by atoms with Gasteiger partial charge in [-0.15, -0.1) is 0 Å². The average molecular weight is 100 g/mol. The molecule has 0 aromatic carbocycles. The van der Waals surface area contributed by atoms with Crippen molar-refractivity contribution in [1.82, 2.24) is 0 Å². The van der Waals surface area contributed by atoms with Crippen molar-refractivity contribution in [3.8, 4) is 0 Å².